The van der Waals surface area contributed by atoms with Gasteiger partial charge in [-0.25, -0.2) is 0 Å². The van der Waals surface area contributed by atoms with Gasteiger partial charge in [-0.05, 0) is 50.1 Å². The summed E-state index contributed by atoms with van der Waals surface area (Å²) >= 11 is 0. The second-order valence-electron chi connectivity index (χ2n) is 6.25. The molecule has 1 aliphatic rings. The van der Waals surface area contributed by atoms with Crippen LogP contribution in [0.2, 0.25) is 0 Å². The highest BCUT2D eigenvalue weighted by Gasteiger charge is 2.17. The molecular formula is C20H22N2O3. The van der Waals surface area contributed by atoms with Crippen molar-refractivity contribution < 1.29 is 14.3 Å². The molecule has 1 atom stereocenters. The number of ether oxygens (including phenoxy) is 1. The Balaban J connectivity index is 1.61. The lowest BCUT2D eigenvalue weighted by molar-refractivity contribution is 0.0857. The SMILES string of the molecule is Cc1ccc(C(=O)Nc2cccc(C(=O)NC[C@H]3CCCO3)c2)cc1. The Kier molecular flexibility index (Phi) is 5.46. The Morgan fingerprint density at radius 1 is 1.08 bits per heavy atom. The molecule has 1 aliphatic heterocycles. The molecule has 1 saturated heterocycles. The van der Waals surface area contributed by atoms with Crippen molar-refractivity contribution >= 4 is 17.5 Å². The predicted octanol–water partition coefficient (Wildman–Crippen LogP) is 3.16. The summed E-state index contributed by atoms with van der Waals surface area (Å²) in [6, 6.07) is 14.3. The van der Waals surface area contributed by atoms with Crippen molar-refractivity contribution in [2.45, 2.75) is 25.9 Å². The van der Waals surface area contributed by atoms with E-state index in [1.807, 2.05) is 19.1 Å². The lowest BCUT2D eigenvalue weighted by Crippen LogP contribution is -2.31. The van der Waals surface area contributed by atoms with Gasteiger partial charge in [0, 0.05) is 30.0 Å². The molecule has 25 heavy (non-hydrogen) atoms. The molecule has 1 fully saturated rings. The molecule has 0 unspecified atom stereocenters. The molecule has 5 heteroatoms. The van der Waals surface area contributed by atoms with E-state index in [1.54, 1.807) is 36.4 Å². The average molecular weight is 338 g/mol. The third kappa shape index (κ3) is 4.67. The smallest absolute Gasteiger partial charge is 0.255 e. The first-order valence-corrected chi connectivity index (χ1v) is 8.50. The summed E-state index contributed by atoms with van der Waals surface area (Å²) in [6.45, 7) is 3.25. The molecule has 5 nitrogen and oxygen atoms in total. The number of hydrogen-bond acceptors (Lipinski definition) is 3. The fraction of sp³-hybridized carbons (Fsp3) is 0.300. The van der Waals surface area contributed by atoms with E-state index in [0.29, 0.717) is 23.4 Å². The maximum Gasteiger partial charge on any atom is 0.255 e. The van der Waals surface area contributed by atoms with E-state index in [-0.39, 0.29) is 17.9 Å². The van der Waals surface area contributed by atoms with E-state index >= 15 is 0 Å². The van der Waals surface area contributed by atoms with Gasteiger partial charge >= 0.3 is 0 Å². The fourth-order valence-electron chi connectivity index (χ4n) is 2.76. The summed E-state index contributed by atoms with van der Waals surface area (Å²) in [7, 11) is 0. The standard InChI is InChI=1S/C20H22N2O3/c1-14-7-9-15(10-8-14)20(24)22-17-5-2-4-16(12-17)19(23)21-13-18-6-3-11-25-18/h2,4-5,7-10,12,18H,3,6,11,13H2,1H3,(H,21,23)(H,22,24)/t18-/m1/s1. The molecule has 3 rings (SSSR count). The van der Waals surface area contributed by atoms with Crippen LogP contribution in [-0.2, 0) is 4.74 Å². The molecule has 130 valence electrons. The molecule has 0 radical (unpaired) electrons. The zero-order valence-corrected chi connectivity index (χ0v) is 14.2. The third-order valence-corrected chi connectivity index (χ3v) is 4.21. The number of rotatable bonds is 5. The number of anilines is 1. The van der Waals surface area contributed by atoms with Crippen molar-refractivity contribution in [1.82, 2.24) is 5.32 Å². The molecule has 0 aliphatic carbocycles. The first-order chi connectivity index (χ1) is 12.1. The van der Waals surface area contributed by atoms with Gasteiger partial charge in [0.25, 0.3) is 11.8 Å². The van der Waals surface area contributed by atoms with Crippen LogP contribution in [0.15, 0.2) is 48.5 Å². The van der Waals surface area contributed by atoms with E-state index in [2.05, 4.69) is 10.6 Å². The molecule has 0 saturated carbocycles. The van der Waals surface area contributed by atoms with Gasteiger partial charge < -0.3 is 15.4 Å². The van der Waals surface area contributed by atoms with Crippen LogP contribution in [-0.4, -0.2) is 31.1 Å². The van der Waals surface area contributed by atoms with Crippen LogP contribution in [0.1, 0.15) is 39.1 Å². The van der Waals surface area contributed by atoms with Crippen molar-refractivity contribution in [3.8, 4) is 0 Å². The van der Waals surface area contributed by atoms with Gasteiger partial charge in [0.05, 0.1) is 6.10 Å². The summed E-state index contributed by atoms with van der Waals surface area (Å²) in [5.74, 6) is -0.362. The molecule has 0 bridgehead atoms. The van der Waals surface area contributed by atoms with E-state index in [4.69, 9.17) is 4.74 Å². The van der Waals surface area contributed by atoms with Crippen molar-refractivity contribution in [2.75, 3.05) is 18.5 Å². The van der Waals surface area contributed by atoms with E-state index in [9.17, 15) is 9.59 Å². The lowest BCUT2D eigenvalue weighted by Gasteiger charge is -2.11. The highest BCUT2D eigenvalue weighted by atomic mass is 16.5. The van der Waals surface area contributed by atoms with Gasteiger partial charge in [-0.2, -0.15) is 0 Å². The van der Waals surface area contributed by atoms with Crippen molar-refractivity contribution in [1.29, 1.82) is 0 Å². The first kappa shape index (κ1) is 17.2. The number of nitrogens with one attached hydrogen (secondary N) is 2. The molecule has 1 heterocycles. The summed E-state index contributed by atoms with van der Waals surface area (Å²) in [5, 5.41) is 5.71. The lowest BCUT2D eigenvalue weighted by atomic mass is 10.1. The van der Waals surface area contributed by atoms with Gasteiger partial charge in [0.2, 0.25) is 0 Å². The Morgan fingerprint density at radius 2 is 1.88 bits per heavy atom. The highest BCUT2D eigenvalue weighted by Crippen LogP contribution is 2.14. The molecule has 2 aromatic rings. The Bertz CT molecular complexity index is 750. The van der Waals surface area contributed by atoms with Gasteiger partial charge in [0.1, 0.15) is 0 Å². The summed E-state index contributed by atoms with van der Waals surface area (Å²) < 4.78 is 5.50. The minimum atomic E-state index is -0.197. The maximum atomic E-state index is 12.3. The minimum Gasteiger partial charge on any atom is -0.376 e. The quantitative estimate of drug-likeness (QED) is 0.880. The Labute approximate surface area is 147 Å². The highest BCUT2D eigenvalue weighted by molar-refractivity contribution is 6.05. The summed E-state index contributed by atoms with van der Waals surface area (Å²) in [4.78, 5) is 24.5. The zero-order valence-electron chi connectivity index (χ0n) is 14.2. The molecule has 2 aromatic carbocycles. The van der Waals surface area contributed by atoms with Gasteiger partial charge in [-0.3, -0.25) is 9.59 Å². The van der Waals surface area contributed by atoms with Gasteiger partial charge in [0.15, 0.2) is 0 Å². The first-order valence-electron chi connectivity index (χ1n) is 8.50. The van der Waals surface area contributed by atoms with Crippen molar-refractivity contribution in [3.63, 3.8) is 0 Å². The molecular weight excluding hydrogens is 316 g/mol. The topological polar surface area (TPSA) is 67.4 Å². The number of benzene rings is 2. The zero-order chi connectivity index (χ0) is 17.6. The molecule has 0 aromatic heterocycles. The van der Waals surface area contributed by atoms with E-state index in [1.165, 1.54) is 0 Å². The van der Waals surface area contributed by atoms with Crippen LogP contribution >= 0.6 is 0 Å². The number of aryl methyl sites for hydroxylation is 1. The van der Waals surface area contributed by atoms with Crippen molar-refractivity contribution in [3.05, 3.63) is 65.2 Å². The minimum absolute atomic E-state index is 0.105. The fourth-order valence-corrected chi connectivity index (χ4v) is 2.76. The van der Waals surface area contributed by atoms with Crippen molar-refractivity contribution in [2.24, 2.45) is 0 Å². The van der Waals surface area contributed by atoms with Crippen LogP contribution in [0.25, 0.3) is 0 Å². The van der Waals surface area contributed by atoms with E-state index < -0.39 is 0 Å². The third-order valence-electron chi connectivity index (χ3n) is 4.21. The summed E-state index contributed by atoms with van der Waals surface area (Å²) in [5.41, 5.74) is 2.79. The van der Waals surface area contributed by atoms with Crippen LogP contribution < -0.4 is 10.6 Å². The maximum absolute atomic E-state index is 12.3. The van der Waals surface area contributed by atoms with E-state index in [0.717, 1.165) is 25.0 Å². The second-order valence-corrected chi connectivity index (χ2v) is 6.25. The monoisotopic (exact) mass is 338 g/mol. The number of carbonyl (C=O) groups is 2. The number of carbonyl (C=O) groups excluding carboxylic acids is 2. The van der Waals surface area contributed by atoms with Gasteiger partial charge in [-0.1, -0.05) is 23.8 Å². The second kappa shape index (κ2) is 7.94. The average Bonchev–Trinajstić information content (AvgIpc) is 3.14. The molecule has 0 spiro atoms. The number of amides is 2. The summed E-state index contributed by atoms with van der Waals surface area (Å²) in [6.07, 6.45) is 2.13. The predicted molar refractivity (Wildman–Crippen MR) is 96.9 cm³/mol. The molecule has 2 amide bonds. The molecule has 2 N–H and O–H groups in total. The van der Waals surface area contributed by atoms with Crippen LogP contribution in [0.5, 0.6) is 0 Å². The largest absolute Gasteiger partial charge is 0.376 e. The van der Waals surface area contributed by atoms with Crippen LogP contribution in [0, 0.1) is 6.92 Å². The Hall–Kier alpha value is -2.66. The van der Waals surface area contributed by atoms with Crippen LogP contribution in [0.3, 0.4) is 0 Å². The van der Waals surface area contributed by atoms with Crippen LogP contribution in [0.4, 0.5) is 5.69 Å². The Morgan fingerprint density at radius 3 is 2.60 bits per heavy atom. The number of hydrogen-bond donors (Lipinski definition) is 2. The van der Waals surface area contributed by atoms with Gasteiger partial charge in [-0.15, -0.1) is 0 Å². The normalized spacial score (nSPS) is 16.4.